The highest BCUT2D eigenvalue weighted by molar-refractivity contribution is 5.82. The quantitative estimate of drug-likeness (QED) is 0.677. The van der Waals surface area contributed by atoms with Crippen LogP contribution in [0.15, 0.2) is 30.3 Å². The van der Waals surface area contributed by atoms with Crippen molar-refractivity contribution in [1.82, 2.24) is 14.8 Å². The Kier molecular flexibility index (Phi) is 2.52. The van der Waals surface area contributed by atoms with E-state index in [2.05, 4.69) is 23.9 Å². The molecule has 0 saturated heterocycles. The van der Waals surface area contributed by atoms with Crippen molar-refractivity contribution in [3.8, 4) is 5.82 Å². The van der Waals surface area contributed by atoms with E-state index in [0.29, 0.717) is 0 Å². The first-order valence-electron chi connectivity index (χ1n) is 6.26. The maximum absolute atomic E-state index is 5.78. The molecule has 3 aromatic rings. The minimum absolute atomic E-state index is 0.754. The largest absolute Gasteiger partial charge is 0.399 e. The third-order valence-corrected chi connectivity index (χ3v) is 3.57. The summed E-state index contributed by atoms with van der Waals surface area (Å²) in [6, 6.07) is 9.73. The zero-order valence-electron chi connectivity index (χ0n) is 11.3. The van der Waals surface area contributed by atoms with Crippen LogP contribution in [0.4, 0.5) is 5.69 Å². The minimum Gasteiger partial charge on any atom is -0.399 e. The third kappa shape index (κ3) is 1.85. The molecule has 2 N–H and O–H groups in total. The third-order valence-electron chi connectivity index (χ3n) is 3.57. The van der Waals surface area contributed by atoms with E-state index in [-0.39, 0.29) is 0 Å². The van der Waals surface area contributed by atoms with Gasteiger partial charge in [-0.15, -0.1) is 0 Å². The lowest BCUT2D eigenvalue weighted by atomic mass is 10.2. The number of hydrogen-bond acceptors (Lipinski definition) is 3. The number of benzene rings is 1. The van der Waals surface area contributed by atoms with E-state index in [1.807, 2.05) is 41.9 Å². The number of pyridine rings is 1. The average Bonchev–Trinajstić information content (AvgIpc) is 2.66. The van der Waals surface area contributed by atoms with Gasteiger partial charge in [0.25, 0.3) is 0 Å². The van der Waals surface area contributed by atoms with Gasteiger partial charge in [0.2, 0.25) is 0 Å². The molecule has 0 atom stereocenters. The van der Waals surface area contributed by atoms with E-state index in [0.717, 1.165) is 33.8 Å². The standard InChI is InChI=1S/C15H16N4/c1-9-10(2)18-19(11(9)3)15-7-4-12-8-13(16)5-6-14(12)17-15/h4-8H,16H2,1-3H3. The molecule has 0 fully saturated rings. The molecule has 96 valence electrons. The van der Waals surface area contributed by atoms with E-state index in [9.17, 15) is 0 Å². The van der Waals surface area contributed by atoms with Crippen molar-refractivity contribution in [3.63, 3.8) is 0 Å². The number of nitrogens with zero attached hydrogens (tertiary/aromatic N) is 3. The van der Waals surface area contributed by atoms with Gasteiger partial charge < -0.3 is 5.73 Å². The Hall–Kier alpha value is -2.36. The summed E-state index contributed by atoms with van der Waals surface area (Å²) in [4.78, 5) is 4.65. The highest BCUT2D eigenvalue weighted by atomic mass is 15.3. The number of aromatic nitrogens is 3. The monoisotopic (exact) mass is 252 g/mol. The molecule has 4 heteroatoms. The molecule has 0 amide bonds. The topological polar surface area (TPSA) is 56.7 Å². The fourth-order valence-corrected chi connectivity index (χ4v) is 2.19. The van der Waals surface area contributed by atoms with Crippen LogP contribution in [0, 0.1) is 20.8 Å². The van der Waals surface area contributed by atoms with Crippen molar-refractivity contribution >= 4 is 16.6 Å². The molecule has 2 heterocycles. The summed E-state index contributed by atoms with van der Waals surface area (Å²) in [5.74, 6) is 0.839. The van der Waals surface area contributed by atoms with Gasteiger partial charge in [-0.05, 0) is 56.7 Å². The Morgan fingerprint density at radius 1 is 1.05 bits per heavy atom. The average molecular weight is 252 g/mol. The van der Waals surface area contributed by atoms with Gasteiger partial charge >= 0.3 is 0 Å². The number of rotatable bonds is 1. The molecular formula is C15H16N4. The Morgan fingerprint density at radius 2 is 1.84 bits per heavy atom. The molecule has 0 spiro atoms. The van der Waals surface area contributed by atoms with Crippen LogP contribution < -0.4 is 5.73 Å². The smallest absolute Gasteiger partial charge is 0.154 e. The summed E-state index contributed by atoms with van der Waals surface area (Å²) in [5, 5.41) is 5.58. The molecule has 0 aliphatic carbocycles. The van der Waals surface area contributed by atoms with Gasteiger partial charge in [-0.1, -0.05) is 0 Å². The van der Waals surface area contributed by atoms with E-state index in [4.69, 9.17) is 5.73 Å². The summed E-state index contributed by atoms with van der Waals surface area (Å²) in [5.41, 5.74) is 10.8. The van der Waals surface area contributed by atoms with Crippen LogP contribution in [0.1, 0.15) is 17.0 Å². The predicted octanol–water partition coefficient (Wildman–Crippen LogP) is 2.93. The zero-order chi connectivity index (χ0) is 13.6. The van der Waals surface area contributed by atoms with Crippen molar-refractivity contribution in [1.29, 1.82) is 0 Å². The molecule has 3 rings (SSSR count). The van der Waals surface area contributed by atoms with E-state index >= 15 is 0 Å². The van der Waals surface area contributed by atoms with Crippen LogP contribution >= 0.6 is 0 Å². The number of anilines is 1. The molecular weight excluding hydrogens is 236 g/mol. The number of nitrogens with two attached hydrogens (primary N) is 1. The Morgan fingerprint density at radius 3 is 2.53 bits per heavy atom. The molecule has 0 aliphatic heterocycles. The minimum atomic E-state index is 0.754. The molecule has 1 aromatic carbocycles. The first-order valence-corrected chi connectivity index (χ1v) is 6.26. The molecule has 0 saturated carbocycles. The van der Waals surface area contributed by atoms with Gasteiger partial charge in [0.05, 0.1) is 11.2 Å². The van der Waals surface area contributed by atoms with Crippen LogP contribution in [0.5, 0.6) is 0 Å². The van der Waals surface area contributed by atoms with Gasteiger partial charge in [-0.25, -0.2) is 9.67 Å². The van der Waals surface area contributed by atoms with Crippen LogP contribution in [0.3, 0.4) is 0 Å². The molecule has 0 aliphatic rings. The Balaban J connectivity index is 2.20. The summed E-state index contributed by atoms with van der Waals surface area (Å²) >= 11 is 0. The molecule has 2 aromatic heterocycles. The fourth-order valence-electron chi connectivity index (χ4n) is 2.19. The lowest BCUT2D eigenvalue weighted by Crippen LogP contribution is -2.02. The normalized spacial score (nSPS) is 11.1. The number of nitrogen functional groups attached to an aromatic ring is 1. The second-order valence-electron chi connectivity index (χ2n) is 4.83. The van der Waals surface area contributed by atoms with Gasteiger partial charge in [0.1, 0.15) is 0 Å². The lowest BCUT2D eigenvalue weighted by molar-refractivity contribution is 0.810. The molecule has 4 nitrogen and oxygen atoms in total. The highest BCUT2D eigenvalue weighted by Crippen LogP contribution is 2.20. The fraction of sp³-hybridized carbons (Fsp3) is 0.200. The SMILES string of the molecule is Cc1nn(-c2ccc3cc(N)ccc3n2)c(C)c1C. The second kappa shape index (κ2) is 4.09. The van der Waals surface area contributed by atoms with Crippen molar-refractivity contribution in [2.24, 2.45) is 0 Å². The number of hydrogen-bond donors (Lipinski definition) is 1. The Bertz CT molecular complexity index is 771. The van der Waals surface area contributed by atoms with Crippen LogP contribution in [0.25, 0.3) is 16.7 Å². The molecule has 19 heavy (non-hydrogen) atoms. The lowest BCUT2D eigenvalue weighted by Gasteiger charge is -2.06. The first kappa shape index (κ1) is 11.7. The maximum Gasteiger partial charge on any atom is 0.154 e. The van der Waals surface area contributed by atoms with Crippen molar-refractivity contribution in [3.05, 3.63) is 47.3 Å². The highest BCUT2D eigenvalue weighted by Gasteiger charge is 2.10. The van der Waals surface area contributed by atoms with E-state index in [1.54, 1.807) is 0 Å². The van der Waals surface area contributed by atoms with Gasteiger partial charge in [-0.3, -0.25) is 0 Å². The van der Waals surface area contributed by atoms with Gasteiger partial charge in [-0.2, -0.15) is 5.10 Å². The Labute approximate surface area is 111 Å². The second-order valence-corrected chi connectivity index (χ2v) is 4.83. The van der Waals surface area contributed by atoms with Crippen molar-refractivity contribution < 1.29 is 0 Å². The zero-order valence-corrected chi connectivity index (χ0v) is 11.3. The van der Waals surface area contributed by atoms with Crippen LogP contribution in [0.2, 0.25) is 0 Å². The van der Waals surface area contributed by atoms with Gasteiger partial charge in [0.15, 0.2) is 5.82 Å². The maximum atomic E-state index is 5.78. The van der Waals surface area contributed by atoms with Crippen molar-refractivity contribution in [2.75, 3.05) is 5.73 Å². The van der Waals surface area contributed by atoms with Crippen molar-refractivity contribution in [2.45, 2.75) is 20.8 Å². The number of aryl methyl sites for hydroxylation is 1. The summed E-state index contributed by atoms with van der Waals surface area (Å²) in [6.45, 7) is 6.15. The first-order chi connectivity index (χ1) is 9.06. The van der Waals surface area contributed by atoms with E-state index < -0.39 is 0 Å². The van der Waals surface area contributed by atoms with Crippen LogP contribution in [-0.4, -0.2) is 14.8 Å². The predicted molar refractivity (Wildman–Crippen MR) is 77.5 cm³/mol. The summed E-state index contributed by atoms with van der Waals surface area (Å²) in [7, 11) is 0. The number of fused-ring (bicyclic) bond motifs is 1. The van der Waals surface area contributed by atoms with Gasteiger partial charge in [0, 0.05) is 16.8 Å². The summed E-state index contributed by atoms with van der Waals surface area (Å²) < 4.78 is 1.89. The molecule has 0 bridgehead atoms. The molecule has 0 radical (unpaired) electrons. The summed E-state index contributed by atoms with van der Waals surface area (Å²) in [6.07, 6.45) is 0. The molecule has 0 unspecified atom stereocenters. The van der Waals surface area contributed by atoms with E-state index in [1.165, 1.54) is 5.56 Å². The van der Waals surface area contributed by atoms with Crippen LogP contribution in [-0.2, 0) is 0 Å².